The molecule has 0 bridgehead atoms. The number of anilines is 1. The van der Waals surface area contributed by atoms with Gasteiger partial charge in [-0.15, -0.1) is 0 Å². The van der Waals surface area contributed by atoms with Crippen LogP contribution in [0, 0.1) is 11.3 Å². The van der Waals surface area contributed by atoms with Gasteiger partial charge in [-0.2, -0.15) is 5.26 Å². The lowest BCUT2D eigenvalue weighted by molar-refractivity contribution is -0.130. The summed E-state index contributed by atoms with van der Waals surface area (Å²) in [6.45, 7) is 1.78. The Morgan fingerprint density at radius 1 is 1.07 bits per heavy atom. The van der Waals surface area contributed by atoms with Gasteiger partial charge in [-0.05, 0) is 24.1 Å². The molecule has 2 fully saturated rings. The summed E-state index contributed by atoms with van der Waals surface area (Å²) in [4.78, 5) is 29.6. The van der Waals surface area contributed by atoms with Crippen molar-refractivity contribution in [1.82, 2.24) is 4.90 Å². The first kappa shape index (κ1) is 20.2. The van der Waals surface area contributed by atoms with E-state index >= 15 is 0 Å². The van der Waals surface area contributed by atoms with E-state index in [1.165, 1.54) is 16.7 Å². The molecule has 0 N–H and O–H groups in total. The van der Waals surface area contributed by atoms with Crippen LogP contribution in [0.4, 0.5) is 5.69 Å². The number of para-hydroxylation sites is 1. The fourth-order valence-electron chi connectivity index (χ4n) is 3.54. The number of thioether (sulfide) groups is 1. The van der Waals surface area contributed by atoms with Crippen LogP contribution < -0.4 is 4.90 Å². The molecule has 1 atom stereocenters. The third-order valence-electron chi connectivity index (χ3n) is 5.07. The zero-order valence-corrected chi connectivity index (χ0v) is 17.2. The van der Waals surface area contributed by atoms with E-state index in [9.17, 15) is 14.9 Å². The van der Waals surface area contributed by atoms with Gasteiger partial charge in [0.1, 0.15) is 16.7 Å². The van der Waals surface area contributed by atoms with E-state index in [0.717, 1.165) is 5.56 Å². The van der Waals surface area contributed by atoms with Crippen LogP contribution >= 0.6 is 11.8 Å². The molecule has 2 aromatic carbocycles. The van der Waals surface area contributed by atoms with Crippen molar-refractivity contribution in [2.24, 2.45) is 0 Å². The third kappa shape index (κ3) is 4.11. The van der Waals surface area contributed by atoms with Crippen molar-refractivity contribution in [2.45, 2.75) is 11.7 Å². The minimum Gasteiger partial charge on any atom is -0.378 e. The van der Waals surface area contributed by atoms with Crippen LogP contribution in [0.2, 0.25) is 0 Å². The van der Waals surface area contributed by atoms with Gasteiger partial charge in [0, 0.05) is 18.8 Å². The summed E-state index contributed by atoms with van der Waals surface area (Å²) >= 11 is 1.30. The molecule has 4 rings (SSSR count). The SMILES string of the molecule is N#C/C(C(=O)N1CCOCC1)=C1\S[C@@H](Cc2ccccc2)C(=O)N1c1ccccc1. The molecule has 0 radical (unpaired) electrons. The van der Waals surface area contributed by atoms with Gasteiger partial charge in [-0.1, -0.05) is 60.3 Å². The maximum atomic E-state index is 13.4. The molecule has 7 heteroatoms. The smallest absolute Gasteiger partial charge is 0.267 e. The Morgan fingerprint density at radius 3 is 2.33 bits per heavy atom. The third-order valence-corrected chi connectivity index (χ3v) is 6.33. The van der Waals surface area contributed by atoms with Crippen LogP contribution in [0.25, 0.3) is 0 Å². The van der Waals surface area contributed by atoms with Crippen LogP contribution in [-0.2, 0) is 20.7 Å². The van der Waals surface area contributed by atoms with E-state index in [0.29, 0.717) is 43.4 Å². The van der Waals surface area contributed by atoms with Crippen molar-refractivity contribution in [3.8, 4) is 6.07 Å². The molecule has 2 heterocycles. The Balaban J connectivity index is 1.72. The van der Waals surface area contributed by atoms with E-state index in [1.807, 2.05) is 60.7 Å². The first-order chi connectivity index (χ1) is 14.7. The van der Waals surface area contributed by atoms with Crippen LogP contribution in [0.5, 0.6) is 0 Å². The molecule has 0 aromatic heterocycles. The molecule has 152 valence electrons. The molecule has 30 heavy (non-hydrogen) atoms. The molecule has 0 saturated carbocycles. The van der Waals surface area contributed by atoms with Gasteiger partial charge in [0.25, 0.3) is 5.91 Å². The molecule has 2 aliphatic rings. The van der Waals surface area contributed by atoms with E-state index in [-0.39, 0.29) is 17.4 Å². The number of hydrogen-bond acceptors (Lipinski definition) is 5. The van der Waals surface area contributed by atoms with Crippen molar-refractivity contribution in [2.75, 3.05) is 31.2 Å². The summed E-state index contributed by atoms with van der Waals surface area (Å²) in [6.07, 6.45) is 0.529. The van der Waals surface area contributed by atoms with Gasteiger partial charge < -0.3 is 9.64 Å². The van der Waals surface area contributed by atoms with Gasteiger partial charge in [0.05, 0.1) is 18.5 Å². The van der Waals surface area contributed by atoms with Crippen molar-refractivity contribution in [3.05, 3.63) is 76.8 Å². The summed E-state index contributed by atoms with van der Waals surface area (Å²) in [5.74, 6) is -0.468. The molecule has 2 aliphatic heterocycles. The van der Waals surface area contributed by atoms with Crippen LogP contribution in [0.3, 0.4) is 0 Å². The second kappa shape index (κ2) is 9.16. The molecule has 0 spiro atoms. The van der Waals surface area contributed by atoms with Gasteiger partial charge in [0.15, 0.2) is 0 Å². The monoisotopic (exact) mass is 419 g/mol. The molecule has 2 amide bonds. The van der Waals surface area contributed by atoms with Crippen molar-refractivity contribution in [1.29, 1.82) is 5.26 Å². The number of benzene rings is 2. The maximum absolute atomic E-state index is 13.4. The predicted octanol–water partition coefficient (Wildman–Crippen LogP) is 2.97. The summed E-state index contributed by atoms with van der Waals surface area (Å²) in [5, 5.41) is 9.89. The number of carbonyl (C=O) groups is 2. The number of morpholine rings is 1. The summed E-state index contributed by atoms with van der Waals surface area (Å²) in [5.41, 5.74) is 1.70. The minimum absolute atomic E-state index is 0.00895. The fraction of sp³-hybridized carbons (Fsp3) is 0.261. The highest BCUT2D eigenvalue weighted by atomic mass is 32.2. The number of hydrogen-bond donors (Lipinski definition) is 0. The van der Waals surface area contributed by atoms with Crippen LogP contribution in [0.15, 0.2) is 71.3 Å². The molecular weight excluding hydrogens is 398 g/mol. The zero-order chi connectivity index (χ0) is 20.9. The van der Waals surface area contributed by atoms with E-state index in [1.54, 1.807) is 4.90 Å². The molecule has 2 aromatic rings. The lowest BCUT2D eigenvalue weighted by Crippen LogP contribution is -2.42. The van der Waals surface area contributed by atoms with Crippen LogP contribution in [0.1, 0.15) is 5.56 Å². The number of rotatable bonds is 4. The molecule has 0 unspecified atom stereocenters. The van der Waals surface area contributed by atoms with E-state index in [2.05, 4.69) is 6.07 Å². The normalized spacial score (nSPS) is 20.8. The maximum Gasteiger partial charge on any atom is 0.267 e. The Hall–Kier alpha value is -3.08. The number of carbonyl (C=O) groups excluding carboxylic acids is 2. The Bertz CT molecular complexity index is 995. The number of amides is 2. The average Bonchev–Trinajstić information content (AvgIpc) is 3.11. The van der Waals surface area contributed by atoms with Crippen LogP contribution in [-0.4, -0.2) is 48.3 Å². The number of nitrogens with zero attached hydrogens (tertiary/aromatic N) is 3. The van der Waals surface area contributed by atoms with Gasteiger partial charge in [0.2, 0.25) is 5.91 Å². The van der Waals surface area contributed by atoms with Crippen molar-refractivity contribution >= 4 is 29.3 Å². The molecule has 6 nitrogen and oxygen atoms in total. The number of ether oxygens (including phenoxy) is 1. The van der Waals surface area contributed by atoms with Gasteiger partial charge in [-0.25, -0.2) is 0 Å². The second-order valence-corrected chi connectivity index (χ2v) is 8.19. The largest absolute Gasteiger partial charge is 0.378 e. The van der Waals surface area contributed by atoms with Gasteiger partial charge >= 0.3 is 0 Å². The summed E-state index contributed by atoms with van der Waals surface area (Å²) in [6, 6.07) is 21.0. The topological polar surface area (TPSA) is 73.6 Å². The van der Waals surface area contributed by atoms with Crippen molar-refractivity contribution < 1.29 is 14.3 Å². The van der Waals surface area contributed by atoms with Gasteiger partial charge in [-0.3, -0.25) is 14.5 Å². The minimum atomic E-state index is -0.400. The molecule has 0 aliphatic carbocycles. The lowest BCUT2D eigenvalue weighted by atomic mass is 10.1. The first-order valence-electron chi connectivity index (χ1n) is 9.80. The lowest BCUT2D eigenvalue weighted by Gasteiger charge is -2.27. The van der Waals surface area contributed by atoms with E-state index in [4.69, 9.17) is 4.74 Å². The Kier molecular flexibility index (Phi) is 6.17. The summed E-state index contributed by atoms with van der Waals surface area (Å²) < 4.78 is 5.32. The Labute approximate surface area is 179 Å². The predicted molar refractivity (Wildman–Crippen MR) is 115 cm³/mol. The highest BCUT2D eigenvalue weighted by molar-refractivity contribution is 8.05. The standard InChI is InChI=1S/C23H21N3O3S/c24-16-19(21(27)25-11-13-29-14-12-25)23-26(18-9-5-2-6-10-18)22(28)20(30-23)15-17-7-3-1-4-8-17/h1-10,20H,11-15H2/b23-19+/t20-/m0/s1. The highest BCUT2D eigenvalue weighted by Gasteiger charge is 2.41. The fourth-order valence-corrected chi connectivity index (χ4v) is 4.85. The quantitative estimate of drug-likeness (QED) is 0.563. The molecule has 2 saturated heterocycles. The van der Waals surface area contributed by atoms with E-state index < -0.39 is 5.25 Å². The number of nitriles is 1. The average molecular weight is 420 g/mol. The molecular formula is C23H21N3O3S. The first-order valence-corrected chi connectivity index (χ1v) is 10.7. The van der Waals surface area contributed by atoms with Crippen molar-refractivity contribution in [3.63, 3.8) is 0 Å². The second-order valence-electron chi connectivity index (χ2n) is 7.00. The zero-order valence-electron chi connectivity index (χ0n) is 16.4. The highest BCUT2D eigenvalue weighted by Crippen LogP contribution is 2.42. The summed E-state index contributed by atoms with van der Waals surface area (Å²) in [7, 11) is 0. The Morgan fingerprint density at radius 2 is 1.70 bits per heavy atom.